The summed E-state index contributed by atoms with van der Waals surface area (Å²) in [5.41, 5.74) is 3.25. The van der Waals surface area contributed by atoms with Crippen molar-refractivity contribution < 1.29 is 13.6 Å². The van der Waals surface area contributed by atoms with Crippen LogP contribution >= 0.6 is 22.6 Å². The maximum Gasteiger partial charge on any atom is 0.265 e. The lowest BCUT2D eigenvalue weighted by molar-refractivity contribution is 0.0985. The quantitative estimate of drug-likeness (QED) is 0.800. The number of aromatic amines is 1. The molecule has 1 rings (SSSR count). The first-order valence-corrected chi connectivity index (χ1v) is 4.52. The van der Waals surface area contributed by atoms with Crippen LogP contribution in [-0.2, 0) is 0 Å². The molecule has 4 nitrogen and oxygen atoms in total. The van der Waals surface area contributed by atoms with Crippen LogP contribution in [0.1, 0.15) is 22.3 Å². The topological polar surface area (TPSA) is 76.0 Å². The lowest BCUT2D eigenvalue weighted by atomic mass is 10.1. The second-order valence-electron chi connectivity index (χ2n) is 2.42. The average molecular weight is 314 g/mol. The largest absolute Gasteiger partial charge is 0.366 e. The molecular formula is C7H5F2IN2O2. The van der Waals surface area contributed by atoms with E-state index in [1.54, 1.807) is 0 Å². The summed E-state index contributed by atoms with van der Waals surface area (Å²) in [4.78, 5) is 23.9. The fourth-order valence-corrected chi connectivity index (χ4v) is 1.62. The Morgan fingerprint density at radius 2 is 2.14 bits per heavy atom. The van der Waals surface area contributed by atoms with Crippen molar-refractivity contribution in [2.24, 2.45) is 5.73 Å². The molecule has 0 radical (unpaired) electrons. The highest BCUT2D eigenvalue weighted by molar-refractivity contribution is 14.1. The molecule has 14 heavy (non-hydrogen) atoms. The zero-order valence-electron chi connectivity index (χ0n) is 6.68. The van der Waals surface area contributed by atoms with Gasteiger partial charge in [0.1, 0.15) is 0 Å². The fraction of sp³-hybridized carbons (Fsp3) is 0.143. The van der Waals surface area contributed by atoms with Gasteiger partial charge in [-0.3, -0.25) is 9.59 Å². The van der Waals surface area contributed by atoms with E-state index in [0.29, 0.717) is 0 Å². The summed E-state index contributed by atoms with van der Waals surface area (Å²) in [6, 6.07) is 0. The monoisotopic (exact) mass is 314 g/mol. The smallest absolute Gasteiger partial charge is 0.265 e. The normalized spacial score (nSPS) is 10.6. The summed E-state index contributed by atoms with van der Waals surface area (Å²) < 4.78 is 24.7. The summed E-state index contributed by atoms with van der Waals surface area (Å²) in [7, 11) is 0. The van der Waals surface area contributed by atoms with Crippen molar-refractivity contribution in [3.05, 3.63) is 31.2 Å². The van der Waals surface area contributed by atoms with Gasteiger partial charge in [-0.25, -0.2) is 8.78 Å². The molecule has 0 atom stereocenters. The molecule has 0 unspecified atom stereocenters. The molecule has 1 heterocycles. The SMILES string of the molecule is NC(=O)c1c[nH]c(=O)c(I)c1C(F)F. The lowest BCUT2D eigenvalue weighted by Crippen LogP contribution is -2.21. The van der Waals surface area contributed by atoms with Crippen LogP contribution in [0.3, 0.4) is 0 Å². The van der Waals surface area contributed by atoms with Crippen LogP contribution < -0.4 is 11.3 Å². The number of hydrogen-bond donors (Lipinski definition) is 2. The predicted octanol–water partition coefficient (Wildman–Crippen LogP) is 1.02. The zero-order valence-corrected chi connectivity index (χ0v) is 8.84. The van der Waals surface area contributed by atoms with Crippen LogP contribution in [0.4, 0.5) is 8.78 Å². The van der Waals surface area contributed by atoms with Crippen LogP contribution in [0.15, 0.2) is 11.0 Å². The minimum Gasteiger partial charge on any atom is -0.366 e. The second kappa shape index (κ2) is 4.03. The van der Waals surface area contributed by atoms with Gasteiger partial charge < -0.3 is 10.7 Å². The van der Waals surface area contributed by atoms with Gasteiger partial charge in [-0.2, -0.15) is 0 Å². The molecule has 0 aromatic carbocycles. The van der Waals surface area contributed by atoms with Gasteiger partial charge in [0.25, 0.3) is 17.9 Å². The highest BCUT2D eigenvalue weighted by atomic mass is 127. The molecule has 3 N–H and O–H groups in total. The average Bonchev–Trinajstić information content (AvgIpc) is 2.08. The number of primary amides is 1. The number of nitrogens with two attached hydrogens (primary N) is 1. The van der Waals surface area contributed by atoms with E-state index in [1.807, 2.05) is 0 Å². The Balaban J connectivity index is 3.53. The summed E-state index contributed by atoms with van der Waals surface area (Å²) >= 11 is 1.45. The predicted molar refractivity (Wildman–Crippen MR) is 53.3 cm³/mol. The minimum atomic E-state index is -2.90. The van der Waals surface area contributed by atoms with E-state index in [0.717, 1.165) is 6.20 Å². The molecule has 0 aliphatic carbocycles. The van der Waals surface area contributed by atoms with Crippen molar-refractivity contribution in [2.45, 2.75) is 6.43 Å². The van der Waals surface area contributed by atoms with Crippen LogP contribution in [0.5, 0.6) is 0 Å². The van der Waals surface area contributed by atoms with Crippen LogP contribution in [0, 0.1) is 3.57 Å². The highest BCUT2D eigenvalue weighted by Gasteiger charge is 2.21. The minimum absolute atomic E-state index is 0.214. The Kier molecular flexibility index (Phi) is 3.19. The van der Waals surface area contributed by atoms with Gasteiger partial charge in [-0.15, -0.1) is 0 Å². The Bertz CT molecular complexity index is 430. The maximum atomic E-state index is 12.5. The van der Waals surface area contributed by atoms with E-state index < -0.39 is 23.5 Å². The van der Waals surface area contributed by atoms with E-state index in [-0.39, 0.29) is 9.13 Å². The summed E-state index contributed by atoms with van der Waals surface area (Å²) in [6.45, 7) is 0. The van der Waals surface area contributed by atoms with Crippen LogP contribution in [-0.4, -0.2) is 10.9 Å². The lowest BCUT2D eigenvalue weighted by Gasteiger charge is -2.06. The van der Waals surface area contributed by atoms with Gasteiger partial charge in [0, 0.05) is 6.20 Å². The zero-order chi connectivity index (χ0) is 10.9. The molecular weight excluding hydrogens is 309 g/mol. The first-order chi connectivity index (χ1) is 6.45. The van der Waals surface area contributed by atoms with Crippen LogP contribution in [0.25, 0.3) is 0 Å². The molecule has 0 saturated carbocycles. The summed E-state index contributed by atoms with van der Waals surface area (Å²) in [5.74, 6) is -0.991. The number of nitrogens with one attached hydrogen (secondary N) is 1. The number of H-pyrrole nitrogens is 1. The molecule has 7 heteroatoms. The third-order valence-electron chi connectivity index (χ3n) is 1.56. The van der Waals surface area contributed by atoms with E-state index in [4.69, 9.17) is 5.73 Å². The molecule has 0 spiro atoms. The Morgan fingerprint density at radius 1 is 1.57 bits per heavy atom. The number of carbonyl (C=O) groups is 1. The van der Waals surface area contributed by atoms with E-state index >= 15 is 0 Å². The van der Waals surface area contributed by atoms with Crippen molar-refractivity contribution in [1.82, 2.24) is 4.98 Å². The molecule has 0 aliphatic rings. The number of alkyl halides is 2. The van der Waals surface area contributed by atoms with Gasteiger partial charge >= 0.3 is 0 Å². The number of pyridine rings is 1. The van der Waals surface area contributed by atoms with Gasteiger partial charge in [-0.05, 0) is 22.6 Å². The standard InChI is InChI=1S/C7H5F2IN2O2/c8-5(9)3-2(6(11)13)1-12-7(14)4(3)10/h1,5H,(H2,11,13)(H,12,14). The molecule has 76 valence electrons. The molecule has 0 aliphatic heterocycles. The first-order valence-electron chi connectivity index (χ1n) is 3.44. The summed E-state index contributed by atoms with van der Waals surface area (Å²) in [5, 5.41) is 0. The van der Waals surface area contributed by atoms with Gasteiger partial charge in [0.2, 0.25) is 0 Å². The van der Waals surface area contributed by atoms with Gasteiger partial charge in [-0.1, -0.05) is 0 Å². The van der Waals surface area contributed by atoms with E-state index in [1.165, 1.54) is 22.6 Å². The molecule has 0 bridgehead atoms. The Hall–Kier alpha value is -0.990. The van der Waals surface area contributed by atoms with E-state index in [2.05, 4.69) is 4.98 Å². The number of rotatable bonds is 2. The van der Waals surface area contributed by atoms with Crippen molar-refractivity contribution in [3.8, 4) is 0 Å². The Morgan fingerprint density at radius 3 is 2.57 bits per heavy atom. The number of carbonyl (C=O) groups excluding carboxylic acids is 1. The maximum absolute atomic E-state index is 12.5. The summed E-state index contributed by atoms with van der Waals surface area (Å²) in [6.07, 6.45) is -2.00. The van der Waals surface area contributed by atoms with Crippen molar-refractivity contribution >= 4 is 28.5 Å². The molecule has 1 aromatic rings. The third kappa shape index (κ3) is 1.91. The first kappa shape index (κ1) is 11.1. The Labute approximate surface area is 90.6 Å². The number of halogens is 3. The highest BCUT2D eigenvalue weighted by Crippen LogP contribution is 2.24. The van der Waals surface area contributed by atoms with Crippen molar-refractivity contribution in [3.63, 3.8) is 0 Å². The fourth-order valence-electron chi connectivity index (χ4n) is 0.937. The second-order valence-corrected chi connectivity index (χ2v) is 3.50. The number of hydrogen-bond acceptors (Lipinski definition) is 2. The molecule has 1 amide bonds. The third-order valence-corrected chi connectivity index (χ3v) is 2.63. The van der Waals surface area contributed by atoms with Gasteiger partial charge in [0.15, 0.2) is 0 Å². The van der Waals surface area contributed by atoms with Crippen molar-refractivity contribution in [1.29, 1.82) is 0 Å². The number of amides is 1. The molecule has 0 saturated heterocycles. The van der Waals surface area contributed by atoms with E-state index in [9.17, 15) is 18.4 Å². The van der Waals surface area contributed by atoms with Crippen molar-refractivity contribution in [2.75, 3.05) is 0 Å². The molecule has 1 aromatic heterocycles. The van der Waals surface area contributed by atoms with Crippen LogP contribution in [0.2, 0.25) is 0 Å². The molecule has 0 fully saturated rings. The number of aromatic nitrogens is 1. The van der Waals surface area contributed by atoms with Gasteiger partial charge in [0.05, 0.1) is 14.7 Å².